The maximum Gasteiger partial charge on any atom is 0.261 e. The lowest BCUT2D eigenvalue weighted by Crippen LogP contribution is -2.28. The van der Waals surface area contributed by atoms with Crippen molar-refractivity contribution in [2.24, 2.45) is 13.0 Å². The molecule has 1 aliphatic carbocycles. The van der Waals surface area contributed by atoms with E-state index in [0.717, 1.165) is 35.2 Å². The van der Waals surface area contributed by atoms with E-state index in [0.29, 0.717) is 23.6 Å². The first-order chi connectivity index (χ1) is 14.6. The van der Waals surface area contributed by atoms with Gasteiger partial charge in [0.15, 0.2) is 5.82 Å². The van der Waals surface area contributed by atoms with Crippen molar-refractivity contribution in [3.8, 4) is 22.7 Å². The molecule has 0 spiro atoms. The molecule has 0 saturated heterocycles. The number of nitrogens with zero attached hydrogens (tertiary/aromatic N) is 7. The number of hydrogen-bond acceptors (Lipinski definition) is 8. The lowest BCUT2D eigenvalue weighted by atomic mass is 9.77. The first-order valence-electron chi connectivity index (χ1n) is 9.88. The minimum Gasteiger partial charge on any atom is -0.357 e. The summed E-state index contributed by atoms with van der Waals surface area (Å²) in [6.45, 7) is 2.17. The number of rotatable bonds is 6. The third-order valence-corrected chi connectivity index (χ3v) is 5.77. The van der Waals surface area contributed by atoms with Crippen molar-refractivity contribution in [1.29, 1.82) is 0 Å². The minimum atomic E-state index is -0.359. The Hall–Kier alpha value is -3.62. The van der Waals surface area contributed by atoms with Crippen molar-refractivity contribution in [3.05, 3.63) is 54.5 Å². The molecule has 0 aliphatic heterocycles. The molecule has 4 heterocycles. The summed E-state index contributed by atoms with van der Waals surface area (Å²) in [5.41, 5.74) is 3.21. The fourth-order valence-corrected chi connectivity index (χ4v) is 3.75. The lowest BCUT2D eigenvalue weighted by Gasteiger charge is -2.26. The standard InChI is InChI=1S/C21H22N8O/c1-21(15-4-5-15,19-27-18(30-28-19)14-10-26-29(3)12-14)16-6-7-17(23-11-16)13-8-24-20(22-2)25-9-13/h6-12,15H,4-5H2,1-3H3,(H,22,24,25)/t21-/m1/s1. The Balaban J connectivity index is 1.47. The zero-order chi connectivity index (χ0) is 20.7. The SMILES string of the molecule is CNc1ncc(-c2ccc([C@](C)(c3noc(-c4cnn(C)c4)n3)C3CC3)cn2)cn1. The molecule has 0 unspecified atom stereocenters. The van der Waals surface area contributed by atoms with Crippen LogP contribution in [-0.4, -0.2) is 41.9 Å². The van der Waals surface area contributed by atoms with Crippen LogP contribution in [0.15, 0.2) is 47.6 Å². The van der Waals surface area contributed by atoms with E-state index in [1.54, 1.807) is 30.3 Å². The first-order valence-corrected chi connectivity index (χ1v) is 9.88. The van der Waals surface area contributed by atoms with Crippen LogP contribution in [0.5, 0.6) is 0 Å². The van der Waals surface area contributed by atoms with Crippen LogP contribution >= 0.6 is 0 Å². The molecule has 152 valence electrons. The van der Waals surface area contributed by atoms with Crippen molar-refractivity contribution < 1.29 is 4.52 Å². The highest BCUT2D eigenvalue weighted by atomic mass is 16.5. The number of aromatic nitrogens is 7. The minimum absolute atomic E-state index is 0.359. The number of aryl methyl sites for hydroxylation is 1. The van der Waals surface area contributed by atoms with Gasteiger partial charge in [0.1, 0.15) is 0 Å². The largest absolute Gasteiger partial charge is 0.357 e. The van der Waals surface area contributed by atoms with Crippen molar-refractivity contribution in [2.45, 2.75) is 25.2 Å². The smallest absolute Gasteiger partial charge is 0.261 e. The van der Waals surface area contributed by atoms with Gasteiger partial charge in [-0.25, -0.2) is 9.97 Å². The fraction of sp³-hybridized carbons (Fsp3) is 0.333. The molecule has 1 N–H and O–H groups in total. The topological polar surface area (TPSA) is 107 Å². The second-order valence-electron chi connectivity index (χ2n) is 7.78. The molecule has 1 aliphatic rings. The number of nitrogens with one attached hydrogen (secondary N) is 1. The third-order valence-electron chi connectivity index (χ3n) is 5.77. The molecule has 0 radical (unpaired) electrons. The zero-order valence-electron chi connectivity index (χ0n) is 17.1. The molecule has 0 aromatic carbocycles. The molecule has 0 amide bonds. The van der Waals surface area contributed by atoms with Crippen LogP contribution < -0.4 is 5.32 Å². The van der Waals surface area contributed by atoms with Gasteiger partial charge in [-0.1, -0.05) is 11.2 Å². The number of pyridine rings is 1. The highest BCUT2D eigenvalue weighted by molar-refractivity contribution is 5.58. The molecule has 1 atom stereocenters. The van der Waals surface area contributed by atoms with E-state index in [-0.39, 0.29) is 5.41 Å². The summed E-state index contributed by atoms with van der Waals surface area (Å²) in [6, 6.07) is 4.09. The summed E-state index contributed by atoms with van der Waals surface area (Å²) >= 11 is 0. The second kappa shape index (κ2) is 7.01. The Bertz CT molecular complexity index is 1160. The Morgan fingerprint density at radius 3 is 2.47 bits per heavy atom. The molecule has 9 heteroatoms. The molecule has 0 bridgehead atoms. The molecule has 4 aromatic heterocycles. The summed E-state index contributed by atoms with van der Waals surface area (Å²) in [6.07, 6.45) is 11.3. The van der Waals surface area contributed by atoms with Crippen molar-refractivity contribution in [3.63, 3.8) is 0 Å². The molecule has 1 saturated carbocycles. The van der Waals surface area contributed by atoms with E-state index in [1.165, 1.54) is 0 Å². The molecular formula is C21H22N8O. The van der Waals surface area contributed by atoms with Gasteiger partial charge in [-0.3, -0.25) is 9.67 Å². The maximum absolute atomic E-state index is 5.57. The summed E-state index contributed by atoms with van der Waals surface area (Å²) in [5.74, 6) is 2.21. The Labute approximate surface area is 173 Å². The predicted molar refractivity (Wildman–Crippen MR) is 110 cm³/mol. The van der Waals surface area contributed by atoms with Crippen LogP contribution in [-0.2, 0) is 12.5 Å². The van der Waals surface area contributed by atoms with E-state index in [4.69, 9.17) is 9.51 Å². The van der Waals surface area contributed by atoms with Gasteiger partial charge in [0, 0.05) is 44.4 Å². The van der Waals surface area contributed by atoms with Gasteiger partial charge in [0.2, 0.25) is 5.95 Å². The molecular weight excluding hydrogens is 380 g/mol. The van der Waals surface area contributed by atoms with Crippen LogP contribution in [0.3, 0.4) is 0 Å². The second-order valence-corrected chi connectivity index (χ2v) is 7.78. The zero-order valence-corrected chi connectivity index (χ0v) is 17.1. The molecule has 5 rings (SSSR count). The fourth-order valence-electron chi connectivity index (χ4n) is 3.75. The van der Waals surface area contributed by atoms with E-state index < -0.39 is 0 Å². The average molecular weight is 402 g/mol. The highest BCUT2D eigenvalue weighted by Crippen LogP contribution is 2.50. The Kier molecular flexibility index (Phi) is 4.30. The Morgan fingerprint density at radius 1 is 1.07 bits per heavy atom. The van der Waals surface area contributed by atoms with Gasteiger partial charge in [-0.2, -0.15) is 10.1 Å². The summed E-state index contributed by atoms with van der Waals surface area (Å²) in [7, 11) is 3.65. The molecule has 30 heavy (non-hydrogen) atoms. The van der Waals surface area contributed by atoms with Crippen molar-refractivity contribution in [2.75, 3.05) is 12.4 Å². The summed E-state index contributed by atoms with van der Waals surface area (Å²) in [4.78, 5) is 17.9. The first kappa shape index (κ1) is 18.4. The maximum atomic E-state index is 5.57. The monoisotopic (exact) mass is 402 g/mol. The van der Waals surface area contributed by atoms with Crippen LogP contribution in [0.25, 0.3) is 22.7 Å². The van der Waals surface area contributed by atoms with Gasteiger partial charge in [0.25, 0.3) is 5.89 Å². The van der Waals surface area contributed by atoms with Crippen LogP contribution in [0, 0.1) is 5.92 Å². The summed E-state index contributed by atoms with van der Waals surface area (Å²) < 4.78 is 7.28. The van der Waals surface area contributed by atoms with E-state index in [9.17, 15) is 0 Å². The number of anilines is 1. The lowest BCUT2D eigenvalue weighted by molar-refractivity contribution is 0.386. The number of hydrogen-bond donors (Lipinski definition) is 1. The van der Waals surface area contributed by atoms with Gasteiger partial charge in [-0.15, -0.1) is 0 Å². The van der Waals surface area contributed by atoms with E-state index >= 15 is 0 Å². The summed E-state index contributed by atoms with van der Waals surface area (Å²) in [5, 5.41) is 11.4. The predicted octanol–water partition coefficient (Wildman–Crippen LogP) is 3.08. The van der Waals surface area contributed by atoms with Gasteiger partial charge < -0.3 is 9.84 Å². The van der Waals surface area contributed by atoms with Crippen LogP contribution in [0.4, 0.5) is 5.95 Å². The Morgan fingerprint density at radius 2 is 1.87 bits per heavy atom. The van der Waals surface area contributed by atoms with Gasteiger partial charge in [-0.05, 0) is 37.3 Å². The molecule has 1 fully saturated rings. The normalized spacial score (nSPS) is 15.7. The van der Waals surface area contributed by atoms with E-state index in [1.807, 2.05) is 25.5 Å². The third kappa shape index (κ3) is 3.12. The molecule has 4 aromatic rings. The van der Waals surface area contributed by atoms with Crippen LogP contribution in [0.2, 0.25) is 0 Å². The average Bonchev–Trinajstić information content (AvgIpc) is 3.37. The van der Waals surface area contributed by atoms with Crippen molar-refractivity contribution in [1.82, 2.24) is 34.9 Å². The van der Waals surface area contributed by atoms with Gasteiger partial charge >= 0.3 is 0 Å². The van der Waals surface area contributed by atoms with Gasteiger partial charge in [0.05, 0.1) is 22.9 Å². The van der Waals surface area contributed by atoms with Crippen molar-refractivity contribution >= 4 is 5.95 Å². The highest BCUT2D eigenvalue weighted by Gasteiger charge is 2.47. The molecule has 9 nitrogen and oxygen atoms in total. The quantitative estimate of drug-likeness (QED) is 0.524. The van der Waals surface area contributed by atoms with Crippen LogP contribution in [0.1, 0.15) is 31.2 Å². The van der Waals surface area contributed by atoms with E-state index in [2.05, 4.69) is 43.5 Å².